The third-order valence-electron chi connectivity index (χ3n) is 1.90. The van der Waals surface area contributed by atoms with Crippen LogP contribution in [0.5, 0.6) is 0 Å². The minimum atomic E-state index is 0. The van der Waals surface area contributed by atoms with Gasteiger partial charge in [-0.1, -0.05) is 6.08 Å². The zero-order valence-electron chi connectivity index (χ0n) is 6.97. The fourth-order valence-electron chi connectivity index (χ4n) is 1.27. The zero-order valence-corrected chi connectivity index (χ0v) is 8.69. The summed E-state index contributed by atoms with van der Waals surface area (Å²) in [5.41, 5.74) is 2.25. The third-order valence-corrected chi connectivity index (χ3v) is 1.90. The largest absolute Gasteiger partial charge is 0.512 e. The van der Waals surface area contributed by atoms with E-state index in [-0.39, 0.29) is 17.0 Å². The first kappa shape index (κ1) is 9.99. The summed E-state index contributed by atoms with van der Waals surface area (Å²) in [5, 5.41) is 9.25. The van der Waals surface area contributed by atoms with Gasteiger partial charge in [0.25, 0.3) is 0 Å². The van der Waals surface area contributed by atoms with E-state index in [1.165, 1.54) is 0 Å². The number of nitrogens with zero attached hydrogens (tertiary/aromatic N) is 1. The van der Waals surface area contributed by atoms with Crippen LogP contribution in [0.4, 0.5) is 0 Å². The highest BCUT2D eigenvalue weighted by Crippen LogP contribution is 2.24. The van der Waals surface area contributed by atoms with Crippen LogP contribution >= 0.6 is 17.0 Å². The molecule has 0 fully saturated rings. The molecule has 0 aromatic carbocycles. The van der Waals surface area contributed by atoms with Gasteiger partial charge < -0.3 is 5.11 Å². The fraction of sp³-hybridized carbons (Fsp3) is 0.100. The molecule has 13 heavy (non-hydrogen) atoms. The molecule has 3 heteroatoms. The van der Waals surface area contributed by atoms with Crippen molar-refractivity contribution in [2.75, 3.05) is 0 Å². The second kappa shape index (κ2) is 4.23. The van der Waals surface area contributed by atoms with Crippen LogP contribution in [-0.2, 0) is 0 Å². The van der Waals surface area contributed by atoms with Gasteiger partial charge in [0.2, 0.25) is 0 Å². The average molecular weight is 240 g/mol. The lowest BCUT2D eigenvalue weighted by Gasteiger charge is -2.10. The monoisotopic (exact) mass is 239 g/mol. The molecule has 2 nitrogen and oxygen atoms in total. The molecule has 0 saturated heterocycles. The number of halogens is 1. The minimum absolute atomic E-state index is 0. The predicted octanol–water partition coefficient (Wildman–Crippen LogP) is 2.86. The molecule has 0 aromatic rings. The Balaban J connectivity index is 0.000000845. The molecule has 0 saturated carbocycles. The smallest absolute Gasteiger partial charge is 0.0966 e. The van der Waals surface area contributed by atoms with E-state index in [2.05, 4.69) is 4.99 Å². The molecule has 1 aliphatic heterocycles. The highest BCUT2D eigenvalue weighted by Gasteiger charge is 2.09. The predicted molar refractivity (Wildman–Crippen MR) is 59.4 cm³/mol. The van der Waals surface area contributed by atoms with E-state index in [9.17, 15) is 5.11 Å². The Morgan fingerprint density at radius 2 is 2.08 bits per heavy atom. The molecule has 1 N–H and O–H groups in total. The fourth-order valence-corrected chi connectivity index (χ4v) is 1.27. The SMILES string of the molecule is Br.OC1=CC=C2C=CN=CC=C2C1. The molecule has 2 aliphatic rings. The number of fused-ring (bicyclic) bond motifs is 1. The molecule has 0 atom stereocenters. The second-order valence-electron chi connectivity index (χ2n) is 2.76. The lowest BCUT2D eigenvalue weighted by Crippen LogP contribution is -1.95. The Morgan fingerprint density at radius 3 is 2.92 bits per heavy atom. The standard InChI is InChI=1S/C10H9NO.BrH/c12-10-2-1-8-3-5-11-6-4-9(8)7-10;/h1-6,12H,7H2;1H. The van der Waals surface area contributed by atoms with Crippen molar-refractivity contribution in [2.24, 2.45) is 4.99 Å². The van der Waals surface area contributed by atoms with Crippen LogP contribution in [0.25, 0.3) is 0 Å². The summed E-state index contributed by atoms with van der Waals surface area (Å²) in [5.74, 6) is 0.411. The van der Waals surface area contributed by atoms with Gasteiger partial charge in [0.15, 0.2) is 0 Å². The van der Waals surface area contributed by atoms with Crippen molar-refractivity contribution in [3.05, 3.63) is 47.4 Å². The first-order chi connectivity index (χ1) is 5.86. The highest BCUT2D eigenvalue weighted by molar-refractivity contribution is 8.93. The van der Waals surface area contributed by atoms with Crippen molar-refractivity contribution < 1.29 is 5.11 Å². The molecule has 2 rings (SSSR count). The summed E-state index contributed by atoms with van der Waals surface area (Å²) in [6, 6.07) is 0. The Hall–Kier alpha value is -1.09. The number of allylic oxidation sites excluding steroid dienone is 6. The van der Waals surface area contributed by atoms with E-state index in [0.717, 1.165) is 11.1 Å². The molecule has 1 heterocycles. The van der Waals surface area contributed by atoms with Gasteiger partial charge in [-0.2, -0.15) is 0 Å². The lowest BCUT2D eigenvalue weighted by molar-refractivity contribution is 0.397. The first-order valence-electron chi connectivity index (χ1n) is 3.85. The van der Waals surface area contributed by atoms with Crippen molar-refractivity contribution in [3.8, 4) is 0 Å². The van der Waals surface area contributed by atoms with Crippen LogP contribution in [0.15, 0.2) is 52.4 Å². The number of hydrogen-bond acceptors (Lipinski definition) is 2. The van der Waals surface area contributed by atoms with Gasteiger partial charge in [-0.05, 0) is 29.4 Å². The summed E-state index contributed by atoms with van der Waals surface area (Å²) in [6.07, 6.45) is 11.6. The maximum atomic E-state index is 9.25. The Bertz CT molecular complexity index is 348. The molecule has 0 unspecified atom stereocenters. The van der Waals surface area contributed by atoms with E-state index in [4.69, 9.17) is 0 Å². The number of rotatable bonds is 0. The van der Waals surface area contributed by atoms with E-state index in [1.807, 2.05) is 18.2 Å². The second-order valence-corrected chi connectivity index (χ2v) is 2.76. The Morgan fingerprint density at radius 1 is 1.23 bits per heavy atom. The van der Waals surface area contributed by atoms with Crippen molar-refractivity contribution in [2.45, 2.75) is 6.42 Å². The topological polar surface area (TPSA) is 32.6 Å². The average Bonchev–Trinajstić information content (AvgIpc) is 2.28. The van der Waals surface area contributed by atoms with E-state index in [1.54, 1.807) is 18.5 Å². The maximum absolute atomic E-state index is 9.25. The quantitative estimate of drug-likeness (QED) is 0.693. The molecule has 0 amide bonds. The maximum Gasteiger partial charge on any atom is 0.0966 e. The van der Waals surface area contributed by atoms with E-state index >= 15 is 0 Å². The number of aliphatic imine (C=N–C) groups is 1. The summed E-state index contributed by atoms with van der Waals surface area (Å²) in [6.45, 7) is 0. The number of hydrogen-bond donors (Lipinski definition) is 1. The summed E-state index contributed by atoms with van der Waals surface area (Å²) < 4.78 is 0. The van der Waals surface area contributed by atoms with Crippen molar-refractivity contribution in [1.29, 1.82) is 0 Å². The molecule has 0 radical (unpaired) electrons. The van der Waals surface area contributed by atoms with Crippen LogP contribution in [0.1, 0.15) is 6.42 Å². The molecule has 0 spiro atoms. The van der Waals surface area contributed by atoms with E-state index < -0.39 is 0 Å². The molecule has 68 valence electrons. The van der Waals surface area contributed by atoms with Crippen LogP contribution < -0.4 is 0 Å². The van der Waals surface area contributed by atoms with Gasteiger partial charge in [0, 0.05) is 18.8 Å². The summed E-state index contributed by atoms with van der Waals surface area (Å²) in [7, 11) is 0. The number of aliphatic hydroxyl groups excluding tert-OH is 1. The van der Waals surface area contributed by atoms with Gasteiger partial charge in [-0.25, -0.2) is 0 Å². The summed E-state index contributed by atoms with van der Waals surface area (Å²) >= 11 is 0. The van der Waals surface area contributed by atoms with Gasteiger partial charge in [0.05, 0.1) is 5.76 Å². The van der Waals surface area contributed by atoms with Crippen LogP contribution in [0, 0.1) is 0 Å². The van der Waals surface area contributed by atoms with Gasteiger partial charge in [0.1, 0.15) is 0 Å². The van der Waals surface area contributed by atoms with Gasteiger partial charge >= 0.3 is 0 Å². The Kier molecular flexibility index (Phi) is 3.25. The number of aliphatic hydroxyl groups is 1. The van der Waals surface area contributed by atoms with Crippen LogP contribution in [0.2, 0.25) is 0 Å². The van der Waals surface area contributed by atoms with Crippen molar-refractivity contribution in [1.82, 2.24) is 0 Å². The summed E-state index contributed by atoms with van der Waals surface area (Å²) in [4.78, 5) is 3.99. The normalized spacial score (nSPS) is 18.9. The third kappa shape index (κ3) is 2.18. The molecular formula is C10H10BrNO. The van der Waals surface area contributed by atoms with Crippen LogP contribution in [-0.4, -0.2) is 11.3 Å². The Labute approximate surface area is 87.5 Å². The van der Waals surface area contributed by atoms with E-state index in [0.29, 0.717) is 12.2 Å². The highest BCUT2D eigenvalue weighted by atomic mass is 79.9. The molecular weight excluding hydrogens is 230 g/mol. The molecule has 0 aromatic heterocycles. The zero-order chi connectivity index (χ0) is 8.39. The first-order valence-corrected chi connectivity index (χ1v) is 3.85. The van der Waals surface area contributed by atoms with Crippen LogP contribution in [0.3, 0.4) is 0 Å². The van der Waals surface area contributed by atoms with Gasteiger partial charge in [-0.15, -0.1) is 17.0 Å². The van der Waals surface area contributed by atoms with Crippen molar-refractivity contribution >= 4 is 23.2 Å². The molecule has 1 aliphatic carbocycles. The van der Waals surface area contributed by atoms with Gasteiger partial charge in [-0.3, -0.25) is 4.99 Å². The lowest BCUT2D eigenvalue weighted by atomic mass is 9.97. The minimum Gasteiger partial charge on any atom is -0.512 e. The van der Waals surface area contributed by atoms with Crippen molar-refractivity contribution in [3.63, 3.8) is 0 Å². The molecule has 0 bridgehead atoms.